The minimum Gasteiger partial charge on any atom is -0.495 e. The van der Waals surface area contributed by atoms with Crippen LogP contribution in [0.2, 0.25) is 0 Å². The Balaban J connectivity index is 0.00000169. The number of nitrogens with two attached hydrogens (primary N) is 1. The number of piperidine rings is 1. The summed E-state index contributed by atoms with van der Waals surface area (Å²) >= 11 is 0. The van der Waals surface area contributed by atoms with Crippen LogP contribution in [0.15, 0.2) is 24.3 Å². The van der Waals surface area contributed by atoms with E-state index >= 15 is 0 Å². The molecule has 2 atom stereocenters. The predicted octanol–water partition coefficient (Wildman–Crippen LogP) is 3.14. The van der Waals surface area contributed by atoms with Gasteiger partial charge in [-0.05, 0) is 43.7 Å². The third-order valence-electron chi connectivity index (χ3n) is 5.45. The molecule has 0 spiro atoms. The van der Waals surface area contributed by atoms with Gasteiger partial charge in [-0.1, -0.05) is 18.6 Å². The highest BCUT2D eigenvalue weighted by Gasteiger charge is 2.28. The number of ether oxygens (including phenoxy) is 1. The number of hydrogen-bond acceptors (Lipinski definition) is 4. The first kappa shape index (κ1) is 22.9. The van der Waals surface area contributed by atoms with Gasteiger partial charge < -0.3 is 20.7 Å². The lowest BCUT2D eigenvalue weighted by Crippen LogP contribution is -2.45. The maximum atomic E-state index is 12.3. The molecule has 5 nitrogen and oxygen atoms in total. The van der Waals surface area contributed by atoms with Crippen molar-refractivity contribution in [3.63, 3.8) is 0 Å². The molecule has 7 heteroatoms. The summed E-state index contributed by atoms with van der Waals surface area (Å²) in [6.45, 7) is 1.88. The zero-order valence-corrected chi connectivity index (χ0v) is 17.0. The van der Waals surface area contributed by atoms with Gasteiger partial charge in [0.05, 0.1) is 12.8 Å². The zero-order valence-electron chi connectivity index (χ0n) is 15.4. The number of carbonyl (C=O) groups is 1. The van der Waals surface area contributed by atoms with E-state index in [1.165, 1.54) is 0 Å². The molecule has 0 radical (unpaired) electrons. The largest absolute Gasteiger partial charge is 0.495 e. The van der Waals surface area contributed by atoms with E-state index in [1.54, 1.807) is 7.11 Å². The first-order valence-corrected chi connectivity index (χ1v) is 9.10. The molecule has 1 aliphatic carbocycles. The van der Waals surface area contributed by atoms with Gasteiger partial charge in [-0.2, -0.15) is 0 Å². The number of hydrogen-bond donors (Lipinski definition) is 2. The number of benzene rings is 1. The molecule has 0 unspecified atom stereocenters. The topological polar surface area (TPSA) is 67.6 Å². The van der Waals surface area contributed by atoms with E-state index in [9.17, 15) is 4.79 Å². The molecule has 1 aliphatic heterocycles. The number of carbonyl (C=O) groups excluding carboxylic acids is 1. The Bertz CT molecular complexity index is 565. The second-order valence-corrected chi connectivity index (χ2v) is 7.06. The van der Waals surface area contributed by atoms with Gasteiger partial charge in [-0.3, -0.25) is 4.79 Å². The first-order chi connectivity index (χ1) is 11.7. The number of anilines is 1. The van der Waals surface area contributed by atoms with Gasteiger partial charge in [0.15, 0.2) is 0 Å². The highest BCUT2D eigenvalue weighted by atomic mass is 35.5. The molecule has 2 fully saturated rings. The summed E-state index contributed by atoms with van der Waals surface area (Å²) in [5, 5.41) is 3.21. The van der Waals surface area contributed by atoms with Crippen LogP contribution in [-0.4, -0.2) is 38.2 Å². The second-order valence-electron chi connectivity index (χ2n) is 7.06. The fourth-order valence-electron chi connectivity index (χ4n) is 4.00. The molecule has 1 amide bonds. The van der Waals surface area contributed by atoms with Gasteiger partial charge in [-0.15, -0.1) is 24.8 Å². The van der Waals surface area contributed by atoms with Crippen molar-refractivity contribution >= 4 is 36.4 Å². The van der Waals surface area contributed by atoms with Gasteiger partial charge in [0.25, 0.3) is 0 Å². The summed E-state index contributed by atoms with van der Waals surface area (Å²) in [6.07, 6.45) is 5.86. The lowest BCUT2D eigenvalue weighted by molar-refractivity contribution is -0.122. The van der Waals surface area contributed by atoms with E-state index in [2.05, 4.69) is 16.3 Å². The van der Waals surface area contributed by atoms with Gasteiger partial charge in [0, 0.05) is 31.6 Å². The molecule has 1 heterocycles. The van der Waals surface area contributed by atoms with Crippen LogP contribution in [0, 0.1) is 5.92 Å². The van der Waals surface area contributed by atoms with Crippen LogP contribution in [0.4, 0.5) is 5.69 Å². The van der Waals surface area contributed by atoms with E-state index in [0.717, 1.165) is 56.6 Å². The molecular formula is C19H31Cl2N3O2. The summed E-state index contributed by atoms with van der Waals surface area (Å²) in [7, 11) is 1.71. The molecular weight excluding hydrogens is 373 g/mol. The van der Waals surface area contributed by atoms with Crippen molar-refractivity contribution < 1.29 is 9.53 Å². The van der Waals surface area contributed by atoms with Gasteiger partial charge in [0.1, 0.15) is 5.75 Å². The Hall–Kier alpha value is -1.17. The normalized spacial score (nSPS) is 22.9. The average Bonchev–Trinajstić information content (AvgIpc) is 3.00. The number of rotatable bonds is 5. The summed E-state index contributed by atoms with van der Waals surface area (Å²) < 4.78 is 5.45. The van der Waals surface area contributed by atoms with Gasteiger partial charge in [0.2, 0.25) is 5.91 Å². The van der Waals surface area contributed by atoms with Crippen LogP contribution in [0.1, 0.15) is 38.5 Å². The van der Waals surface area contributed by atoms with Crippen molar-refractivity contribution in [1.29, 1.82) is 0 Å². The smallest absolute Gasteiger partial charge is 0.220 e. The Labute approximate surface area is 168 Å². The highest BCUT2D eigenvalue weighted by Crippen LogP contribution is 2.30. The maximum Gasteiger partial charge on any atom is 0.220 e. The van der Waals surface area contributed by atoms with Crippen LogP contribution in [-0.2, 0) is 4.79 Å². The van der Waals surface area contributed by atoms with E-state index in [-0.39, 0.29) is 42.8 Å². The number of para-hydroxylation sites is 2. The van der Waals surface area contributed by atoms with Crippen LogP contribution in [0.5, 0.6) is 5.75 Å². The molecule has 148 valence electrons. The van der Waals surface area contributed by atoms with Crippen molar-refractivity contribution in [1.82, 2.24) is 5.32 Å². The summed E-state index contributed by atoms with van der Waals surface area (Å²) in [5.74, 6) is 1.46. The molecule has 3 N–H and O–H groups in total. The minimum absolute atomic E-state index is 0. The summed E-state index contributed by atoms with van der Waals surface area (Å²) in [6, 6.07) is 8.61. The zero-order chi connectivity index (χ0) is 16.9. The predicted molar refractivity (Wildman–Crippen MR) is 111 cm³/mol. The number of amides is 1. The summed E-state index contributed by atoms with van der Waals surface area (Å²) in [4.78, 5) is 14.6. The molecule has 1 aromatic carbocycles. The van der Waals surface area contributed by atoms with E-state index in [1.807, 2.05) is 18.2 Å². The number of nitrogens with zero attached hydrogens (tertiary/aromatic N) is 1. The third-order valence-corrected chi connectivity index (χ3v) is 5.45. The monoisotopic (exact) mass is 403 g/mol. The van der Waals surface area contributed by atoms with Crippen molar-refractivity contribution in [3.8, 4) is 5.75 Å². The van der Waals surface area contributed by atoms with Crippen LogP contribution < -0.4 is 20.7 Å². The average molecular weight is 404 g/mol. The van der Waals surface area contributed by atoms with E-state index in [0.29, 0.717) is 12.3 Å². The Morgan fingerprint density at radius 3 is 2.50 bits per heavy atom. The van der Waals surface area contributed by atoms with E-state index < -0.39 is 0 Å². The fourth-order valence-corrected chi connectivity index (χ4v) is 4.00. The van der Waals surface area contributed by atoms with Crippen LogP contribution in [0.3, 0.4) is 0 Å². The molecule has 26 heavy (non-hydrogen) atoms. The molecule has 1 aromatic rings. The summed E-state index contributed by atoms with van der Waals surface area (Å²) in [5.41, 5.74) is 7.21. The Morgan fingerprint density at radius 1 is 1.19 bits per heavy atom. The molecule has 1 saturated heterocycles. The highest BCUT2D eigenvalue weighted by molar-refractivity contribution is 5.85. The van der Waals surface area contributed by atoms with Crippen molar-refractivity contribution in [2.24, 2.45) is 11.7 Å². The third kappa shape index (κ3) is 5.66. The number of nitrogens with one attached hydrogen (secondary N) is 1. The Kier molecular flexibility index (Phi) is 9.55. The lowest BCUT2D eigenvalue weighted by atomic mass is 9.98. The number of halogens is 2. The SMILES string of the molecule is COc1ccccc1N1CCC(NC(=O)C[C@@H]2CCC[C@H]2N)CC1.Cl.Cl. The quantitative estimate of drug-likeness (QED) is 0.791. The molecule has 0 aromatic heterocycles. The van der Waals surface area contributed by atoms with Gasteiger partial charge in [-0.25, -0.2) is 0 Å². The van der Waals surface area contributed by atoms with Crippen molar-refractivity contribution in [3.05, 3.63) is 24.3 Å². The second kappa shape index (κ2) is 10.9. The maximum absolute atomic E-state index is 12.3. The minimum atomic E-state index is 0. The molecule has 3 rings (SSSR count). The number of methoxy groups -OCH3 is 1. The van der Waals surface area contributed by atoms with Gasteiger partial charge >= 0.3 is 0 Å². The Morgan fingerprint density at radius 2 is 1.88 bits per heavy atom. The standard InChI is InChI=1S/C19H29N3O2.2ClH/c1-24-18-8-3-2-7-17(18)22-11-9-15(10-12-22)21-19(23)13-14-5-4-6-16(14)20;;/h2-3,7-8,14-16H,4-6,9-13,20H2,1H3,(H,21,23);2*1H/t14-,16+;;/m0../s1. The molecule has 2 aliphatic rings. The van der Waals surface area contributed by atoms with Crippen LogP contribution >= 0.6 is 24.8 Å². The van der Waals surface area contributed by atoms with Crippen molar-refractivity contribution in [2.75, 3.05) is 25.1 Å². The van der Waals surface area contributed by atoms with E-state index in [4.69, 9.17) is 10.5 Å². The first-order valence-electron chi connectivity index (χ1n) is 9.10. The fraction of sp³-hybridized carbons (Fsp3) is 0.632. The van der Waals surface area contributed by atoms with Crippen LogP contribution in [0.25, 0.3) is 0 Å². The van der Waals surface area contributed by atoms with Crippen molar-refractivity contribution in [2.45, 2.75) is 50.6 Å². The lowest BCUT2D eigenvalue weighted by Gasteiger charge is -2.34. The molecule has 1 saturated carbocycles. The molecule has 0 bridgehead atoms.